The highest BCUT2D eigenvalue weighted by atomic mass is 32.1. The Labute approximate surface area is 79.2 Å². The van der Waals surface area contributed by atoms with E-state index in [2.05, 4.69) is 4.52 Å². The normalized spacial score (nSPS) is 12.4. The number of hydrogen-bond donors (Lipinski definition) is 0. The second kappa shape index (κ2) is 5.51. The van der Waals surface area contributed by atoms with Crippen molar-refractivity contribution in [3.8, 4) is 0 Å². The fourth-order valence-corrected chi connectivity index (χ4v) is 4.15. The Hall–Kier alpha value is -0.200. The molecule has 0 N–H and O–H groups in total. The molecule has 13 heavy (non-hydrogen) atoms. The van der Waals surface area contributed by atoms with Crippen LogP contribution < -0.4 is 0 Å². The van der Waals surface area contributed by atoms with Crippen molar-refractivity contribution in [2.75, 3.05) is 12.3 Å². The van der Waals surface area contributed by atoms with Gasteiger partial charge in [-0.15, -0.1) is 0 Å². The molecule has 0 amide bonds. The van der Waals surface area contributed by atoms with Gasteiger partial charge in [-0.2, -0.15) is 0 Å². The molecule has 0 radical (unpaired) electrons. The molecule has 0 aromatic rings. The summed E-state index contributed by atoms with van der Waals surface area (Å²) in [5, 5.41) is 0. The topological polar surface area (TPSA) is 60.4 Å². The summed E-state index contributed by atoms with van der Waals surface area (Å²) in [7, 11) is -2.32. The lowest BCUT2D eigenvalue weighted by Crippen LogP contribution is -1.96. The number of carbonyl (C=O) groups is 1. The minimum atomic E-state index is -2.77. The van der Waals surface area contributed by atoms with Crippen molar-refractivity contribution in [1.82, 2.24) is 0 Å². The van der Waals surface area contributed by atoms with E-state index in [1.165, 1.54) is 0 Å². The number of hydrogen-bond acceptors (Lipinski definition) is 4. The molecule has 4 nitrogen and oxygen atoms in total. The first kappa shape index (κ1) is 12.8. The minimum Gasteiger partial charge on any atom is -0.264 e. The summed E-state index contributed by atoms with van der Waals surface area (Å²) >= 11 is 0. The van der Waals surface area contributed by atoms with E-state index in [-0.39, 0.29) is 6.42 Å². The lowest BCUT2D eigenvalue weighted by atomic mass is 10.5. The zero-order valence-electron chi connectivity index (χ0n) is 8.15. The standard InChI is InChI=1S/C7H15O4P2/c1-4-7(8)11-12(9)13(10,5-2)6-3/h4-6H2,1-3H3/q+1. The molecule has 76 valence electrons. The molecular weight excluding hydrogens is 210 g/mol. The van der Waals surface area contributed by atoms with Gasteiger partial charge in [0, 0.05) is 18.7 Å². The Morgan fingerprint density at radius 1 is 1.31 bits per heavy atom. The van der Waals surface area contributed by atoms with Gasteiger partial charge in [-0.3, -0.25) is 4.57 Å². The van der Waals surface area contributed by atoms with E-state index in [9.17, 15) is 13.9 Å². The maximum absolute atomic E-state index is 11.7. The molecule has 0 aliphatic heterocycles. The third-order valence-electron chi connectivity index (χ3n) is 1.75. The average Bonchev–Trinajstić information content (AvgIpc) is 2.16. The SMILES string of the molecule is CCC(=O)O[P+](=O)P(=O)(CC)CC. The van der Waals surface area contributed by atoms with Gasteiger partial charge in [-0.25, -0.2) is 9.32 Å². The van der Waals surface area contributed by atoms with Crippen LogP contribution in [0.3, 0.4) is 0 Å². The summed E-state index contributed by atoms with van der Waals surface area (Å²) in [5.74, 6) is -0.553. The molecule has 0 heterocycles. The van der Waals surface area contributed by atoms with Crippen LogP contribution >= 0.6 is 14.5 Å². The molecule has 0 rings (SSSR count). The van der Waals surface area contributed by atoms with E-state index in [0.717, 1.165) is 0 Å². The molecule has 0 aliphatic carbocycles. The molecule has 0 aromatic carbocycles. The van der Waals surface area contributed by atoms with E-state index in [0.29, 0.717) is 12.3 Å². The van der Waals surface area contributed by atoms with Crippen LogP contribution in [0.5, 0.6) is 0 Å². The molecule has 0 aromatic heterocycles. The molecule has 1 atom stereocenters. The van der Waals surface area contributed by atoms with E-state index in [4.69, 9.17) is 0 Å². The van der Waals surface area contributed by atoms with Gasteiger partial charge in [0.15, 0.2) is 0 Å². The van der Waals surface area contributed by atoms with Crippen LogP contribution in [0.4, 0.5) is 0 Å². The van der Waals surface area contributed by atoms with Gasteiger partial charge in [0.05, 0.1) is 0 Å². The molecule has 6 heteroatoms. The van der Waals surface area contributed by atoms with Crippen molar-refractivity contribution in [3.05, 3.63) is 0 Å². The van der Waals surface area contributed by atoms with Crippen LogP contribution in [0.1, 0.15) is 27.2 Å². The molecule has 0 aliphatic rings. The quantitative estimate of drug-likeness (QED) is 0.674. The Morgan fingerprint density at radius 3 is 2.08 bits per heavy atom. The maximum atomic E-state index is 11.7. The summed E-state index contributed by atoms with van der Waals surface area (Å²) in [6.07, 6.45) is 0.792. The van der Waals surface area contributed by atoms with Crippen molar-refractivity contribution >= 4 is 20.5 Å². The first-order chi connectivity index (χ1) is 6.00. The first-order valence-corrected chi connectivity index (χ1v) is 8.22. The van der Waals surface area contributed by atoms with E-state index >= 15 is 0 Å². The zero-order valence-corrected chi connectivity index (χ0v) is 9.94. The maximum Gasteiger partial charge on any atom is 0.610 e. The van der Waals surface area contributed by atoms with Crippen molar-refractivity contribution in [2.24, 2.45) is 0 Å². The fraction of sp³-hybridized carbons (Fsp3) is 0.857. The predicted molar refractivity (Wildman–Crippen MR) is 52.7 cm³/mol. The number of carbonyl (C=O) groups excluding carboxylic acids is 1. The van der Waals surface area contributed by atoms with Crippen molar-refractivity contribution in [3.63, 3.8) is 0 Å². The highest BCUT2D eigenvalue weighted by Gasteiger charge is 2.44. The van der Waals surface area contributed by atoms with Crippen LogP contribution in [-0.4, -0.2) is 18.3 Å². The zero-order chi connectivity index (χ0) is 10.5. The first-order valence-electron chi connectivity index (χ1n) is 4.26. The lowest BCUT2D eigenvalue weighted by Gasteiger charge is -1.98. The van der Waals surface area contributed by atoms with Gasteiger partial charge in [0.25, 0.3) is 0 Å². The second-order valence-electron chi connectivity index (χ2n) is 2.53. The van der Waals surface area contributed by atoms with Gasteiger partial charge in [0.2, 0.25) is 0 Å². The minimum absolute atomic E-state index is 0.161. The van der Waals surface area contributed by atoms with Gasteiger partial charge in [-0.1, -0.05) is 20.8 Å². The van der Waals surface area contributed by atoms with Crippen LogP contribution in [0.25, 0.3) is 0 Å². The van der Waals surface area contributed by atoms with Crippen molar-refractivity contribution in [2.45, 2.75) is 27.2 Å². The Balaban J connectivity index is 4.41. The van der Waals surface area contributed by atoms with Gasteiger partial charge in [-0.05, 0) is 4.57 Å². The summed E-state index contributed by atoms with van der Waals surface area (Å²) < 4.78 is 27.6. The highest BCUT2D eigenvalue weighted by molar-refractivity contribution is 8.25. The van der Waals surface area contributed by atoms with E-state index in [1.54, 1.807) is 20.8 Å². The molecule has 0 fully saturated rings. The Bertz CT molecular complexity index is 241. The summed E-state index contributed by atoms with van der Waals surface area (Å²) in [5.41, 5.74) is 0. The molecule has 0 saturated heterocycles. The van der Waals surface area contributed by atoms with Crippen molar-refractivity contribution in [1.29, 1.82) is 0 Å². The molecular formula is C7H15O4P2+. The van der Waals surface area contributed by atoms with E-state index in [1.807, 2.05) is 0 Å². The van der Waals surface area contributed by atoms with Gasteiger partial charge < -0.3 is 0 Å². The fourth-order valence-electron chi connectivity index (χ4n) is 0.681. The van der Waals surface area contributed by atoms with Gasteiger partial charge >= 0.3 is 20.5 Å². The molecule has 1 unspecified atom stereocenters. The van der Waals surface area contributed by atoms with Crippen LogP contribution in [0.2, 0.25) is 0 Å². The lowest BCUT2D eigenvalue weighted by molar-refractivity contribution is -0.133. The average molecular weight is 225 g/mol. The van der Waals surface area contributed by atoms with Crippen LogP contribution in [0.15, 0.2) is 0 Å². The summed E-state index contributed by atoms with van der Waals surface area (Å²) in [6.45, 7) is 2.22. The Kier molecular flexibility index (Phi) is 5.43. The summed E-state index contributed by atoms with van der Waals surface area (Å²) in [6, 6.07) is 0. The molecule has 0 spiro atoms. The predicted octanol–water partition coefficient (Wildman–Crippen LogP) is 3.00. The second-order valence-corrected chi connectivity index (χ2v) is 9.32. The van der Waals surface area contributed by atoms with Crippen LogP contribution in [-0.2, 0) is 18.4 Å². The molecule has 0 saturated carbocycles. The largest absolute Gasteiger partial charge is 0.610 e. The third kappa shape index (κ3) is 3.58. The Morgan fingerprint density at radius 2 is 1.77 bits per heavy atom. The summed E-state index contributed by atoms with van der Waals surface area (Å²) in [4.78, 5) is 10.8. The van der Waals surface area contributed by atoms with Crippen LogP contribution in [0, 0.1) is 0 Å². The van der Waals surface area contributed by atoms with Crippen molar-refractivity contribution < 1.29 is 18.4 Å². The van der Waals surface area contributed by atoms with Gasteiger partial charge in [0.1, 0.15) is 0 Å². The third-order valence-corrected chi connectivity index (χ3v) is 8.41. The molecule has 0 bridgehead atoms. The monoisotopic (exact) mass is 225 g/mol. The smallest absolute Gasteiger partial charge is 0.264 e. The highest BCUT2D eigenvalue weighted by Crippen LogP contribution is 2.68. The van der Waals surface area contributed by atoms with E-state index < -0.39 is 20.5 Å². The number of rotatable bonds is 5.